The first-order chi connectivity index (χ1) is 9.36. The molecule has 20 heavy (non-hydrogen) atoms. The molecule has 0 saturated carbocycles. The number of aliphatic imine (C=N–C) groups is 1. The Morgan fingerprint density at radius 2 is 2.15 bits per heavy atom. The third-order valence-corrected chi connectivity index (χ3v) is 2.91. The number of aliphatic hydroxyl groups is 1. The second-order valence-corrected chi connectivity index (χ2v) is 4.88. The van der Waals surface area contributed by atoms with Crippen LogP contribution < -0.4 is 11.1 Å². The van der Waals surface area contributed by atoms with Gasteiger partial charge in [-0.1, -0.05) is 19.4 Å². The Kier molecular flexibility index (Phi) is 5.88. The standard InChI is InChI=1S/C14H21F2N3O/c1-3-4-7-18-13(17)19-9-14(2,20)11-6-5-10(15)8-12(11)16/h5-6,8,20H,3-4,7,9H2,1-2H3,(H3,17,18,19). The number of hydrogen-bond donors (Lipinski definition) is 3. The average molecular weight is 285 g/mol. The molecule has 6 heteroatoms. The molecule has 0 aromatic heterocycles. The van der Waals surface area contributed by atoms with E-state index in [1.54, 1.807) is 0 Å². The van der Waals surface area contributed by atoms with E-state index in [1.165, 1.54) is 13.0 Å². The summed E-state index contributed by atoms with van der Waals surface area (Å²) in [5.41, 5.74) is 4.08. The van der Waals surface area contributed by atoms with Crippen LogP contribution in [0.5, 0.6) is 0 Å². The predicted molar refractivity (Wildman–Crippen MR) is 75.3 cm³/mol. The van der Waals surface area contributed by atoms with Crippen molar-refractivity contribution >= 4 is 5.96 Å². The minimum atomic E-state index is -1.55. The van der Waals surface area contributed by atoms with Gasteiger partial charge >= 0.3 is 0 Å². The van der Waals surface area contributed by atoms with Gasteiger partial charge in [-0.15, -0.1) is 0 Å². The van der Waals surface area contributed by atoms with Gasteiger partial charge in [-0.2, -0.15) is 0 Å². The quantitative estimate of drug-likeness (QED) is 0.424. The first-order valence-corrected chi connectivity index (χ1v) is 6.58. The number of unbranched alkanes of at least 4 members (excludes halogenated alkanes) is 1. The van der Waals surface area contributed by atoms with Crippen molar-refractivity contribution in [1.82, 2.24) is 5.32 Å². The molecule has 1 unspecified atom stereocenters. The molecule has 0 heterocycles. The molecule has 1 aromatic rings. The average Bonchev–Trinajstić information content (AvgIpc) is 2.36. The summed E-state index contributed by atoms with van der Waals surface area (Å²) in [6, 6.07) is 3.04. The van der Waals surface area contributed by atoms with Crippen molar-refractivity contribution in [2.75, 3.05) is 13.1 Å². The van der Waals surface area contributed by atoms with Crippen molar-refractivity contribution in [3.63, 3.8) is 0 Å². The molecule has 0 amide bonds. The molecule has 1 aromatic carbocycles. The molecular formula is C14H21F2N3O. The summed E-state index contributed by atoms with van der Waals surface area (Å²) in [6.07, 6.45) is 1.98. The van der Waals surface area contributed by atoms with Crippen LogP contribution >= 0.6 is 0 Å². The van der Waals surface area contributed by atoms with Crippen LogP contribution in [0.1, 0.15) is 32.3 Å². The predicted octanol–water partition coefficient (Wildman–Crippen LogP) is 1.88. The van der Waals surface area contributed by atoms with Crippen LogP contribution in [0.15, 0.2) is 23.2 Å². The number of rotatable bonds is 6. The number of nitrogens with zero attached hydrogens (tertiary/aromatic N) is 1. The lowest BCUT2D eigenvalue weighted by Gasteiger charge is -2.22. The van der Waals surface area contributed by atoms with E-state index in [1.807, 2.05) is 0 Å². The van der Waals surface area contributed by atoms with Crippen molar-refractivity contribution in [3.05, 3.63) is 35.4 Å². The topological polar surface area (TPSA) is 70.6 Å². The van der Waals surface area contributed by atoms with Crippen molar-refractivity contribution in [1.29, 1.82) is 0 Å². The highest BCUT2D eigenvalue weighted by Crippen LogP contribution is 2.24. The van der Waals surface area contributed by atoms with E-state index in [0.717, 1.165) is 25.0 Å². The minimum absolute atomic E-state index is 0.0102. The van der Waals surface area contributed by atoms with Crippen molar-refractivity contribution < 1.29 is 13.9 Å². The highest BCUT2D eigenvalue weighted by molar-refractivity contribution is 5.77. The molecular weight excluding hydrogens is 264 g/mol. The summed E-state index contributed by atoms with van der Waals surface area (Å²) in [4.78, 5) is 3.98. The fraction of sp³-hybridized carbons (Fsp3) is 0.500. The van der Waals surface area contributed by atoms with Crippen molar-refractivity contribution in [3.8, 4) is 0 Å². The normalized spacial score (nSPS) is 14.9. The van der Waals surface area contributed by atoms with Gasteiger partial charge in [-0.05, 0) is 19.4 Å². The molecule has 112 valence electrons. The van der Waals surface area contributed by atoms with Crippen molar-refractivity contribution in [2.45, 2.75) is 32.3 Å². The molecule has 4 N–H and O–H groups in total. The third-order valence-electron chi connectivity index (χ3n) is 2.91. The van der Waals surface area contributed by atoms with Gasteiger partial charge < -0.3 is 16.2 Å². The molecule has 1 rings (SSSR count). The van der Waals surface area contributed by atoms with Crippen LogP contribution in [0.25, 0.3) is 0 Å². The summed E-state index contributed by atoms with van der Waals surface area (Å²) in [6.45, 7) is 4.04. The molecule has 0 fully saturated rings. The minimum Gasteiger partial charge on any atom is -0.383 e. The summed E-state index contributed by atoms with van der Waals surface area (Å²) in [7, 11) is 0. The van der Waals surface area contributed by atoms with Crippen LogP contribution in [0.2, 0.25) is 0 Å². The maximum Gasteiger partial charge on any atom is 0.188 e. The van der Waals surface area contributed by atoms with Crippen LogP contribution in [-0.4, -0.2) is 24.2 Å². The SMILES string of the molecule is CCCCNC(N)=NCC(C)(O)c1ccc(F)cc1F. The maximum absolute atomic E-state index is 13.6. The third kappa shape index (κ3) is 4.77. The van der Waals surface area contributed by atoms with Gasteiger partial charge in [0.25, 0.3) is 0 Å². The molecule has 4 nitrogen and oxygen atoms in total. The van der Waals surface area contributed by atoms with Gasteiger partial charge in [0.1, 0.15) is 17.2 Å². The van der Waals surface area contributed by atoms with Gasteiger partial charge in [0.05, 0.1) is 6.54 Å². The molecule has 0 aliphatic heterocycles. The van der Waals surface area contributed by atoms with E-state index in [9.17, 15) is 13.9 Å². The molecule has 0 aliphatic carbocycles. The van der Waals surface area contributed by atoms with Crippen LogP contribution in [-0.2, 0) is 5.60 Å². The number of hydrogen-bond acceptors (Lipinski definition) is 2. The molecule has 1 atom stereocenters. The molecule has 0 bridgehead atoms. The summed E-state index contributed by atoms with van der Waals surface area (Å²) < 4.78 is 26.5. The zero-order valence-corrected chi connectivity index (χ0v) is 11.8. The fourth-order valence-corrected chi connectivity index (χ4v) is 1.70. The van der Waals surface area contributed by atoms with Crippen LogP contribution in [0.3, 0.4) is 0 Å². The van der Waals surface area contributed by atoms with Crippen molar-refractivity contribution in [2.24, 2.45) is 10.7 Å². The molecule has 0 saturated heterocycles. The van der Waals surface area contributed by atoms with E-state index in [4.69, 9.17) is 5.73 Å². The van der Waals surface area contributed by atoms with E-state index >= 15 is 0 Å². The Labute approximate surface area is 117 Å². The van der Waals surface area contributed by atoms with E-state index < -0.39 is 17.2 Å². The van der Waals surface area contributed by atoms with Crippen LogP contribution in [0, 0.1) is 11.6 Å². The Morgan fingerprint density at radius 1 is 1.45 bits per heavy atom. The molecule has 0 spiro atoms. The molecule has 0 aliphatic rings. The van der Waals surface area contributed by atoms with Gasteiger partial charge in [-0.25, -0.2) is 8.78 Å². The van der Waals surface area contributed by atoms with Gasteiger partial charge in [-0.3, -0.25) is 4.99 Å². The highest BCUT2D eigenvalue weighted by Gasteiger charge is 2.26. The smallest absolute Gasteiger partial charge is 0.188 e. The summed E-state index contributed by atoms with van der Waals surface area (Å²) in [5, 5.41) is 13.1. The van der Waals surface area contributed by atoms with E-state index in [0.29, 0.717) is 6.54 Å². The Hall–Kier alpha value is -1.69. The van der Waals surface area contributed by atoms with Crippen LogP contribution in [0.4, 0.5) is 8.78 Å². The summed E-state index contributed by atoms with van der Waals surface area (Å²) in [5.74, 6) is -1.30. The summed E-state index contributed by atoms with van der Waals surface area (Å²) >= 11 is 0. The van der Waals surface area contributed by atoms with Gasteiger partial charge in [0, 0.05) is 18.2 Å². The zero-order valence-electron chi connectivity index (χ0n) is 11.8. The highest BCUT2D eigenvalue weighted by atomic mass is 19.1. The fourth-order valence-electron chi connectivity index (χ4n) is 1.70. The Balaban J connectivity index is 2.71. The molecule has 0 radical (unpaired) electrons. The Morgan fingerprint density at radius 3 is 2.75 bits per heavy atom. The number of guanidine groups is 1. The van der Waals surface area contributed by atoms with E-state index in [2.05, 4.69) is 17.2 Å². The first kappa shape index (κ1) is 16.4. The maximum atomic E-state index is 13.6. The number of benzene rings is 1. The lowest BCUT2D eigenvalue weighted by atomic mass is 9.95. The number of nitrogens with one attached hydrogen (secondary N) is 1. The van der Waals surface area contributed by atoms with E-state index in [-0.39, 0.29) is 18.1 Å². The largest absolute Gasteiger partial charge is 0.383 e. The second-order valence-electron chi connectivity index (χ2n) is 4.88. The lowest BCUT2D eigenvalue weighted by molar-refractivity contribution is 0.0633. The number of nitrogens with two attached hydrogens (primary N) is 1. The second kappa shape index (κ2) is 7.19. The lowest BCUT2D eigenvalue weighted by Crippen LogP contribution is -2.35. The first-order valence-electron chi connectivity index (χ1n) is 6.58. The van der Waals surface area contributed by atoms with Gasteiger partial charge in [0.15, 0.2) is 5.96 Å². The monoisotopic (exact) mass is 285 g/mol. The van der Waals surface area contributed by atoms with Gasteiger partial charge in [0.2, 0.25) is 0 Å². The Bertz CT molecular complexity index is 475. The zero-order chi connectivity index (χ0) is 15.2. The number of halogens is 2.